The van der Waals surface area contributed by atoms with Gasteiger partial charge in [-0.2, -0.15) is 9.49 Å². The molecule has 0 bridgehead atoms. The van der Waals surface area contributed by atoms with Gasteiger partial charge < -0.3 is 10.1 Å². The molecule has 0 aliphatic rings. The van der Waals surface area contributed by atoms with Crippen molar-refractivity contribution in [2.45, 2.75) is 20.8 Å². The van der Waals surface area contributed by atoms with Crippen LogP contribution < -0.4 is 10.1 Å². The number of nitrogens with zero attached hydrogens (tertiary/aromatic N) is 3. The van der Waals surface area contributed by atoms with Crippen LogP contribution in [0.3, 0.4) is 0 Å². The molecule has 2 aromatic carbocycles. The molecule has 2 heterocycles. The fraction of sp³-hybridized carbons (Fsp3) is 0.160. The van der Waals surface area contributed by atoms with Gasteiger partial charge in [0.15, 0.2) is 0 Å². The van der Waals surface area contributed by atoms with E-state index in [1.807, 2.05) is 57.4 Å². The van der Waals surface area contributed by atoms with Crippen molar-refractivity contribution in [3.05, 3.63) is 89.3 Å². The monoisotopic (exact) mass is 430 g/mol. The number of anilines is 1. The molecule has 1 N–H and O–H groups in total. The average molecular weight is 430 g/mol. The minimum absolute atomic E-state index is 0.304. The Kier molecular flexibility index (Phi) is 5.73. The second kappa shape index (κ2) is 8.63. The van der Waals surface area contributed by atoms with Crippen LogP contribution in [0.1, 0.15) is 27.2 Å². The standard InChI is InChI=1S/C25H23FN4O2/c1-15-6-5-7-19(12-15)29-25(31)24-16(2)20(18-13-27-30(4)14-18)8-9-22(24)32-21-10-11-23(26)28-17(21)3/h5-14H,1-4H3,(H,29,31). The molecule has 0 unspecified atom stereocenters. The molecule has 6 nitrogen and oxygen atoms in total. The number of rotatable bonds is 5. The fourth-order valence-corrected chi connectivity index (χ4v) is 3.59. The van der Waals surface area contributed by atoms with Crippen molar-refractivity contribution in [1.29, 1.82) is 0 Å². The fourth-order valence-electron chi connectivity index (χ4n) is 3.59. The Labute approximate surface area is 185 Å². The molecule has 0 spiro atoms. The van der Waals surface area contributed by atoms with Crippen LogP contribution in [0.5, 0.6) is 11.5 Å². The SMILES string of the molecule is Cc1cccc(NC(=O)c2c(Oc3ccc(F)nc3C)ccc(-c3cnn(C)c3)c2C)c1. The van der Waals surface area contributed by atoms with Gasteiger partial charge in [-0.3, -0.25) is 9.48 Å². The minimum atomic E-state index is -0.588. The Morgan fingerprint density at radius 2 is 1.84 bits per heavy atom. The van der Waals surface area contributed by atoms with E-state index in [1.165, 1.54) is 12.1 Å². The van der Waals surface area contributed by atoms with Crippen LogP contribution in [-0.2, 0) is 7.05 Å². The third-order valence-electron chi connectivity index (χ3n) is 5.17. The van der Waals surface area contributed by atoms with Gasteiger partial charge in [0.25, 0.3) is 5.91 Å². The Morgan fingerprint density at radius 1 is 1.06 bits per heavy atom. The smallest absolute Gasteiger partial charge is 0.259 e. The lowest BCUT2D eigenvalue weighted by Crippen LogP contribution is -2.15. The molecular weight excluding hydrogens is 407 g/mol. The van der Waals surface area contributed by atoms with Gasteiger partial charge in [0, 0.05) is 24.5 Å². The molecule has 0 atom stereocenters. The number of carbonyl (C=O) groups is 1. The van der Waals surface area contributed by atoms with Crippen LogP contribution in [-0.4, -0.2) is 20.7 Å². The Bertz CT molecular complexity index is 1310. The quantitative estimate of drug-likeness (QED) is 0.419. The van der Waals surface area contributed by atoms with E-state index in [9.17, 15) is 9.18 Å². The molecule has 0 aliphatic heterocycles. The van der Waals surface area contributed by atoms with Gasteiger partial charge in [0.1, 0.15) is 11.5 Å². The third kappa shape index (κ3) is 4.37. The predicted octanol–water partition coefficient (Wildman–Crippen LogP) is 5.59. The van der Waals surface area contributed by atoms with Crippen molar-refractivity contribution >= 4 is 11.6 Å². The molecule has 162 valence electrons. The highest BCUT2D eigenvalue weighted by Crippen LogP contribution is 2.35. The van der Waals surface area contributed by atoms with Gasteiger partial charge in [-0.15, -0.1) is 0 Å². The van der Waals surface area contributed by atoms with Crippen molar-refractivity contribution < 1.29 is 13.9 Å². The average Bonchev–Trinajstić information content (AvgIpc) is 3.16. The second-order valence-corrected chi connectivity index (χ2v) is 7.66. The van der Waals surface area contributed by atoms with E-state index in [2.05, 4.69) is 15.4 Å². The predicted molar refractivity (Wildman–Crippen MR) is 122 cm³/mol. The highest BCUT2D eigenvalue weighted by molar-refractivity contribution is 6.08. The number of hydrogen-bond acceptors (Lipinski definition) is 4. The molecular formula is C25H23FN4O2. The minimum Gasteiger partial charge on any atom is -0.455 e. The third-order valence-corrected chi connectivity index (χ3v) is 5.17. The van der Waals surface area contributed by atoms with E-state index < -0.39 is 5.95 Å². The number of amides is 1. The molecule has 4 aromatic rings. The first-order chi connectivity index (χ1) is 15.3. The summed E-state index contributed by atoms with van der Waals surface area (Å²) in [4.78, 5) is 17.2. The molecule has 0 fully saturated rings. The van der Waals surface area contributed by atoms with E-state index in [1.54, 1.807) is 23.9 Å². The number of halogens is 1. The first-order valence-corrected chi connectivity index (χ1v) is 10.1. The lowest BCUT2D eigenvalue weighted by atomic mass is 9.97. The van der Waals surface area contributed by atoms with Crippen LogP contribution in [0.2, 0.25) is 0 Å². The summed E-state index contributed by atoms with van der Waals surface area (Å²) in [7, 11) is 1.84. The van der Waals surface area contributed by atoms with Gasteiger partial charge in [0.05, 0.1) is 17.5 Å². The topological polar surface area (TPSA) is 69.0 Å². The van der Waals surface area contributed by atoms with Gasteiger partial charge in [-0.25, -0.2) is 4.98 Å². The van der Waals surface area contributed by atoms with Crippen LogP contribution in [0.4, 0.5) is 10.1 Å². The zero-order valence-corrected chi connectivity index (χ0v) is 18.3. The molecule has 4 rings (SSSR count). The van der Waals surface area contributed by atoms with E-state index in [-0.39, 0.29) is 5.91 Å². The summed E-state index contributed by atoms with van der Waals surface area (Å²) in [5, 5.41) is 7.20. The first-order valence-electron chi connectivity index (χ1n) is 10.1. The summed E-state index contributed by atoms with van der Waals surface area (Å²) in [5.74, 6) is -0.154. The van der Waals surface area contributed by atoms with Crippen molar-refractivity contribution in [2.75, 3.05) is 5.32 Å². The van der Waals surface area contributed by atoms with Gasteiger partial charge in [-0.05, 0) is 67.8 Å². The van der Waals surface area contributed by atoms with Crippen molar-refractivity contribution in [2.24, 2.45) is 7.05 Å². The summed E-state index contributed by atoms with van der Waals surface area (Å²) < 4.78 is 21.2. The van der Waals surface area contributed by atoms with Gasteiger partial charge in [0.2, 0.25) is 5.95 Å². The molecule has 32 heavy (non-hydrogen) atoms. The highest BCUT2D eigenvalue weighted by Gasteiger charge is 2.21. The second-order valence-electron chi connectivity index (χ2n) is 7.66. The van der Waals surface area contributed by atoms with E-state index in [4.69, 9.17) is 4.74 Å². The number of pyridine rings is 1. The number of aryl methyl sites for hydroxylation is 3. The zero-order chi connectivity index (χ0) is 22.8. The normalized spacial score (nSPS) is 10.8. The number of nitrogens with one attached hydrogen (secondary N) is 1. The van der Waals surface area contributed by atoms with E-state index >= 15 is 0 Å². The molecule has 1 amide bonds. The van der Waals surface area contributed by atoms with Crippen LogP contribution >= 0.6 is 0 Å². The van der Waals surface area contributed by atoms with Crippen molar-refractivity contribution in [3.8, 4) is 22.6 Å². The van der Waals surface area contributed by atoms with E-state index in [0.29, 0.717) is 28.4 Å². The summed E-state index contributed by atoms with van der Waals surface area (Å²) in [6, 6.07) is 13.9. The van der Waals surface area contributed by atoms with Crippen molar-refractivity contribution in [3.63, 3.8) is 0 Å². The Morgan fingerprint density at radius 3 is 2.53 bits per heavy atom. The van der Waals surface area contributed by atoms with Gasteiger partial charge in [-0.1, -0.05) is 18.2 Å². The molecule has 0 saturated heterocycles. The number of ether oxygens (including phenoxy) is 1. The van der Waals surface area contributed by atoms with E-state index in [0.717, 1.165) is 22.3 Å². The van der Waals surface area contributed by atoms with Crippen molar-refractivity contribution in [1.82, 2.24) is 14.8 Å². The molecule has 0 radical (unpaired) electrons. The highest BCUT2D eigenvalue weighted by atomic mass is 19.1. The summed E-state index contributed by atoms with van der Waals surface area (Å²) in [6.45, 7) is 5.49. The number of hydrogen-bond donors (Lipinski definition) is 1. The van der Waals surface area contributed by atoms with Gasteiger partial charge >= 0.3 is 0 Å². The number of benzene rings is 2. The molecule has 2 aromatic heterocycles. The summed E-state index contributed by atoms with van der Waals surface area (Å²) in [6.07, 6.45) is 3.64. The maximum atomic E-state index is 13.4. The number of aromatic nitrogens is 3. The lowest BCUT2D eigenvalue weighted by molar-refractivity contribution is 0.102. The zero-order valence-electron chi connectivity index (χ0n) is 18.3. The molecule has 7 heteroatoms. The van der Waals surface area contributed by atoms with Crippen LogP contribution in [0.15, 0.2) is 60.9 Å². The maximum absolute atomic E-state index is 13.4. The molecule has 0 saturated carbocycles. The van der Waals surface area contributed by atoms with Crippen LogP contribution in [0, 0.1) is 26.7 Å². The Balaban J connectivity index is 1.79. The Hall–Kier alpha value is -4.00. The largest absolute Gasteiger partial charge is 0.455 e. The summed E-state index contributed by atoms with van der Waals surface area (Å²) in [5.41, 5.74) is 5.00. The summed E-state index contributed by atoms with van der Waals surface area (Å²) >= 11 is 0. The number of carbonyl (C=O) groups excluding carboxylic acids is 1. The lowest BCUT2D eigenvalue weighted by Gasteiger charge is -2.17. The first kappa shape index (κ1) is 21.2. The van der Waals surface area contributed by atoms with Crippen LogP contribution in [0.25, 0.3) is 11.1 Å². The molecule has 0 aliphatic carbocycles. The maximum Gasteiger partial charge on any atom is 0.259 e.